The van der Waals surface area contributed by atoms with Gasteiger partial charge >= 0.3 is 5.97 Å². The van der Waals surface area contributed by atoms with Crippen molar-refractivity contribution in [1.29, 1.82) is 0 Å². The number of amides is 2. The standard InChI is InChI=1S/C20H30N2O5/c1-14-8-6-9-15(2)19(14)27-13-18(24)22(11-7-10-21-17(4)23)12-16(3)20(25)26-5/h6,8-9,16H,7,10-13H2,1-5H3,(H,21,23). The maximum atomic E-state index is 12.7. The predicted molar refractivity (Wildman–Crippen MR) is 102 cm³/mol. The highest BCUT2D eigenvalue weighted by Gasteiger charge is 2.22. The fourth-order valence-corrected chi connectivity index (χ4v) is 2.71. The predicted octanol–water partition coefficient (Wildman–Crippen LogP) is 1.85. The maximum Gasteiger partial charge on any atom is 0.310 e. The first-order valence-electron chi connectivity index (χ1n) is 9.05. The van der Waals surface area contributed by atoms with Crippen molar-refractivity contribution in [3.63, 3.8) is 0 Å². The Morgan fingerprint density at radius 2 is 1.81 bits per heavy atom. The Morgan fingerprint density at radius 3 is 2.37 bits per heavy atom. The zero-order valence-corrected chi connectivity index (χ0v) is 16.8. The number of carbonyl (C=O) groups excluding carboxylic acids is 3. The lowest BCUT2D eigenvalue weighted by molar-refractivity contribution is -0.146. The van der Waals surface area contributed by atoms with E-state index in [1.165, 1.54) is 14.0 Å². The van der Waals surface area contributed by atoms with E-state index < -0.39 is 5.92 Å². The summed E-state index contributed by atoms with van der Waals surface area (Å²) in [5, 5.41) is 2.70. The van der Waals surface area contributed by atoms with Crippen LogP contribution in [0.1, 0.15) is 31.4 Å². The minimum absolute atomic E-state index is 0.111. The van der Waals surface area contributed by atoms with Crippen LogP contribution in [0.15, 0.2) is 18.2 Å². The summed E-state index contributed by atoms with van der Waals surface area (Å²) in [6.07, 6.45) is 0.586. The molecular formula is C20H30N2O5. The normalized spacial score (nSPS) is 11.4. The number of hydrogen-bond acceptors (Lipinski definition) is 5. The highest BCUT2D eigenvalue weighted by atomic mass is 16.5. The number of nitrogens with zero attached hydrogens (tertiary/aromatic N) is 1. The molecule has 0 saturated heterocycles. The number of carbonyl (C=O) groups is 3. The Hall–Kier alpha value is -2.57. The van der Waals surface area contributed by atoms with Crippen LogP contribution in [0, 0.1) is 19.8 Å². The fourth-order valence-electron chi connectivity index (χ4n) is 2.71. The molecule has 1 rings (SSSR count). The number of nitrogens with one attached hydrogen (secondary N) is 1. The Kier molecular flexibility index (Phi) is 9.33. The van der Waals surface area contributed by atoms with E-state index in [1.54, 1.807) is 11.8 Å². The first-order chi connectivity index (χ1) is 12.8. The summed E-state index contributed by atoms with van der Waals surface area (Å²) >= 11 is 0. The van der Waals surface area contributed by atoms with Gasteiger partial charge in [-0.3, -0.25) is 14.4 Å². The van der Waals surface area contributed by atoms with Crippen molar-refractivity contribution in [2.75, 3.05) is 33.4 Å². The summed E-state index contributed by atoms with van der Waals surface area (Å²) in [7, 11) is 1.33. The van der Waals surface area contributed by atoms with Crippen molar-refractivity contribution in [2.24, 2.45) is 5.92 Å². The summed E-state index contributed by atoms with van der Waals surface area (Å²) in [4.78, 5) is 36.9. The molecule has 0 aliphatic heterocycles. The largest absolute Gasteiger partial charge is 0.483 e. The third kappa shape index (κ3) is 7.68. The van der Waals surface area contributed by atoms with Gasteiger partial charge in [0, 0.05) is 26.6 Å². The average Bonchev–Trinajstić information content (AvgIpc) is 2.62. The van der Waals surface area contributed by atoms with Gasteiger partial charge in [-0.25, -0.2) is 0 Å². The summed E-state index contributed by atoms with van der Waals surface area (Å²) in [6, 6.07) is 5.79. The first kappa shape index (κ1) is 22.5. The van der Waals surface area contributed by atoms with Gasteiger partial charge < -0.3 is 19.7 Å². The molecule has 7 heteroatoms. The number of esters is 1. The number of aryl methyl sites for hydroxylation is 2. The van der Waals surface area contributed by atoms with Crippen molar-refractivity contribution < 1.29 is 23.9 Å². The van der Waals surface area contributed by atoms with Gasteiger partial charge in [0.15, 0.2) is 6.61 Å². The van der Waals surface area contributed by atoms with Crippen LogP contribution >= 0.6 is 0 Å². The number of hydrogen-bond donors (Lipinski definition) is 1. The molecule has 150 valence electrons. The molecule has 1 N–H and O–H groups in total. The maximum absolute atomic E-state index is 12.7. The van der Waals surface area contributed by atoms with Crippen LogP contribution in [0.2, 0.25) is 0 Å². The first-order valence-corrected chi connectivity index (χ1v) is 9.05. The molecule has 0 bridgehead atoms. The van der Waals surface area contributed by atoms with Gasteiger partial charge in [-0.1, -0.05) is 25.1 Å². The van der Waals surface area contributed by atoms with Crippen LogP contribution < -0.4 is 10.1 Å². The molecule has 27 heavy (non-hydrogen) atoms. The van der Waals surface area contributed by atoms with E-state index in [4.69, 9.17) is 9.47 Å². The van der Waals surface area contributed by atoms with Crippen molar-refractivity contribution >= 4 is 17.8 Å². The number of methoxy groups -OCH3 is 1. The molecule has 0 aliphatic rings. The number of rotatable bonds is 10. The summed E-state index contributed by atoms with van der Waals surface area (Å²) in [5.74, 6) is -0.444. The minimum atomic E-state index is -0.445. The lowest BCUT2D eigenvalue weighted by Crippen LogP contribution is -2.41. The molecule has 1 unspecified atom stereocenters. The van der Waals surface area contributed by atoms with E-state index in [1.807, 2.05) is 32.0 Å². The highest BCUT2D eigenvalue weighted by molar-refractivity contribution is 5.79. The van der Waals surface area contributed by atoms with E-state index in [0.717, 1.165) is 11.1 Å². The van der Waals surface area contributed by atoms with Gasteiger partial charge in [0.05, 0.1) is 13.0 Å². The highest BCUT2D eigenvalue weighted by Crippen LogP contribution is 2.22. The molecule has 7 nitrogen and oxygen atoms in total. The molecule has 1 aromatic rings. The monoisotopic (exact) mass is 378 g/mol. The fraction of sp³-hybridized carbons (Fsp3) is 0.550. The molecule has 0 radical (unpaired) electrons. The Balaban J connectivity index is 2.72. The summed E-state index contributed by atoms with van der Waals surface area (Å²) in [6.45, 7) is 8.02. The van der Waals surface area contributed by atoms with E-state index >= 15 is 0 Å². The lowest BCUT2D eigenvalue weighted by Gasteiger charge is -2.25. The van der Waals surface area contributed by atoms with Gasteiger partial charge in [-0.15, -0.1) is 0 Å². The third-order valence-corrected chi connectivity index (χ3v) is 4.18. The number of benzene rings is 1. The van der Waals surface area contributed by atoms with Crippen LogP contribution in [0.4, 0.5) is 0 Å². The smallest absolute Gasteiger partial charge is 0.310 e. The molecule has 0 aliphatic carbocycles. The molecule has 0 heterocycles. The average molecular weight is 378 g/mol. The molecular weight excluding hydrogens is 348 g/mol. The quantitative estimate of drug-likeness (QED) is 0.496. The van der Waals surface area contributed by atoms with Crippen LogP contribution in [0.3, 0.4) is 0 Å². The van der Waals surface area contributed by atoms with E-state index in [2.05, 4.69) is 5.32 Å². The molecule has 1 atom stereocenters. The second-order valence-electron chi connectivity index (χ2n) is 6.61. The van der Waals surface area contributed by atoms with Crippen molar-refractivity contribution in [1.82, 2.24) is 10.2 Å². The van der Waals surface area contributed by atoms with Gasteiger partial charge in [-0.2, -0.15) is 0 Å². The molecule has 0 fully saturated rings. The van der Waals surface area contributed by atoms with E-state index in [-0.39, 0.29) is 30.9 Å². The van der Waals surface area contributed by atoms with Gasteiger partial charge in [-0.05, 0) is 31.4 Å². The Morgan fingerprint density at radius 1 is 1.19 bits per heavy atom. The molecule has 0 saturated carbocycles. The van der Waals surface area contributed by atoms with E-state index in [9.17, 15) is 14.4 Å². The van der Waals surface area contributed by atoms with Gasteiger partial charge in [0.2, 0.25) is 5.91 Å². The van der Waals surface area contributed by atoms with Crippen molar-refractivity contribution in [3.8, 4) is 5.75 Å². The molecule has 2 amide bonds. The van der Waals surface area contributed by atoms with Crippen molar-refractivity contribution in [2.45, 2.75) is 34.1 Å². The zero-order valence-electron chi connectivity index (χ0n) is 16.8. The van der Waals surface area contributed by atoms with Crippen molar-refractivity contribution in [3.05, 3.63) is 29.3 Å². The minimum Gasteiger partial charge on any atom is -0.483 e. The SMILES string of the molecule is COC(=O)C(C)CN(CCCNC(C)=O)C(=O)COc1c(C)cccc1C. The second-order valence-corrected chi connectivity index (χ2v) is 6.61. The third-order valence-electron chi connectivity index (χ3n) is 4.18. The Bertz CT molecular complexity index is 640. The molecule has 1 aromatic carbocycles. The molecule has 0 aromatic heterocycles. The molecule has 0 spiro atoms. The summed E-state index contributed by atoms with van der Waals surface area (Å²) < 4.78 is 10.5. The van der Waals surface area contributed by atoms with Gasteiger partial charge in [0.25, 0.3) is 5.91 Å². The summed E-state index contributed by atoms with van der Waals surface area (Å²) in [5.41, 5.74) is 1.92. The second kappa shape index (κ2) is 11.2. The zero-order chi connectivity index (χ0) is 20.4. The van der Waals surface area contributed by atoms with Gasteiger partial charge in [0.1, 0.15) is 5.75 Å². The number of para-hydroxylation sites is 1. The Labute approximate surface area is 161 Å². The van der Waals surface area contributed by atoms with E-state index in [0.29, 0.717) is 25.3 Å². The lowest BCUT2D eigenvalue weighted by atomic mass is 10.1. The van der Waals surface area contributed by atoms with Crippen LogP contribution in [0.5, 0.6) is 5.75 Å². The topological polar surface area (TPSA) is 84.9 Å². The van der Waals surface area contributed by atoms with Crippen LogP contribution in [0.25, 0.3) is 0 Å². The van der Waals surface area contributed by atoms with Crippen LogP contribution in [-0.2, 0) is 19.1 Å². The number of ether oxygens (including phenoxy) is 2. The van der Waals surface area contributed by atoms with Crippen LogP contribution in [-0.4, -0.2) is 56.0 Å².